The van der Waals surface area contributed by atoms with Crippen molar-refractivity contribution in [1.82, 2.24) is 0 Å². The lowest BCUT2D eigenvalue weighted by atomic mass is 10.2. The smallest absolute Gasteiger partial charge is 0.129 e. The fourth-order valence-corrected chi connectivity index (χ4v) is 1.03. The normalized spacial score (nSPS) is 7.78. The maximum Gasteiger partial charge on any atom is 0.129 e. The molecular formula is C17H40O. The van der Waals surface area contributed by atoms with Crippen molar-refractivity contribution in [2.45, 2.75) is 107 Å². The molecule has 0 rings (SSSR count). The van der Waals surface area contributed by atoms with E-state index in [1.54, 1.807) is 6.92 Å². The number of hydrogen-bond acceptors (Lipinski definition) is 1. The summed E-state index contributed by atoms with van der Waals surface area (Å²) in [4.78, 5) is 10.0. The van der Waals surface area contributed by atoms with Crippen LogP contribution >= 0.6 is 0 Å². The maximum absolute atomic E-state index is 10.0. The molecule has 0 aliphatic rings. The standard InChI is InChI=1S/C7H16.C5H10O.C3H8.C2H6/c1-3-5-7-6-4-2;1-3-4-5(2)6;1-3-2;1-2/h3-7H2,1-2H3;3-4H2,1-2H3;3H2,1-2H3;1-2H3. The van der Waals surface area contributed by atoms with Crippen LogP contribution < -0.4 is 0 Å². The quantitative estimate of drug-likeness (QED) is 0.480. The van der Waals surface area contributed by atoms with Crippen molar-refractivity contribution in [3.05, 3.63) is 0 Å². The van der Waals surface area contributed by atoms with Gasteiger partial charge in [-0.15, -0.1) is 0 Å². The third kappa shape index (κ3) is 75.8. The van der Waals surface area contributed by atoms with E-state index in [1.807, 2.05) is 20.8 Å². The number of rotatable bonds is 6. The summed E-state index contributed by atoms with van der Waals surface area (Å²) >= 11 is 0. The van der Waals surface area contributed by atoms with Crippen LogP contribution in [0.15, 0.2) is 0 Å². The highest BCUT2D eigenvalue weighted by Gasteiger charge is 1.83. The van der Waals surface area contributed by atoms with E-state index >= 15 is 0 Å². The zero-order valence-electron chi connectivity index (χ0n) is 14.6. The molecule has 0 aromatic rings. The van der Waals surface area contributed by atoms with Gasteiger partial charge in [0.15, 0.2) is 0 Å². The minimum absolute atomic E-state index is 0.289. The number of hydrogen-bond donors (Lipinski definition) is 0. The summed E-state index contributed by atoms with van der Waals surface area (Å²) in [5.74, 6) is 0.289. The third-order valence-corrected chi connectivity index (χ3v) is 1.81. The van der Waals surface area contributed by atoms with Crippen LogP contribution in [-0.2, 0) is 4.79 Å². The van der Waals surface area contributed by atoms with Crippen molar-refractivity contribution in [1.29, 1.82) is 0 Å². The molecule has 0 fully saturated rings. The van der Waals surface area contributed by atoms with Crippen LogP contribution in [0.25, 0.3) is 0 Å². The van der Waals surface area contributed by atoms with Gasteiger partial charge in [0.05, 0.1) is 0 Å². The Morgan fingerprint density at radius 3 is 1.17 bits per heavy atom. The van der Waals surface area contributed by atoms with Crippen molar-refractivity contribution in [2.24, 2.45) is 0 Å². The minimum atomic E-state index is 0.289. The highest BCUT2D eigenvalue weighted by atomic mass is 16.1. The van der Waals surface area contributed by atoms with Crippen LogP contribution in [0, 0.1) is 0 Å². The number of ketones is 1. The van der Waals surface area contributed by atoms with E-state index in [4.69, 9.17) is 0 Å². The maximum atomic E-state index is 10.0. The highest BCUT2D eigenvalue weighted by Crippen LogP contribution is 2.00. The summed E-state index contributed by atoms with van der Waals surface area (Å²) in [5, 5.41) is 0. The molecule has 0 N–H and O–H groups in total. The van der Waals surface area contributed by atoms with Crippen LogP contribution in [-0.4, -0.2) is 5.78 Å². The van der Waals surface area contributed by atoms with Crippen molar-refractivity contribution in [2.75, 3.05) is 0 Å². The average molecular weight is 261 g/mol. The molecule has 0 spiro atoms. The fraction of sp³-hybridized carbons (Fsp3) is 0.941. The van der Waals surface area contributed by atoms with Gasteiger partial charge >= 0.3 is 0 Å². The van der Waals surface area contributed by atoms with Gasteiger partial charge in [-0.25, -0.2) is 0 Å². The zero-order chi connectivity index (χ0) is 15.2. The third-order valence-electron chi connectivity index (χ3n) is 1.81. The second-order valence-electron chi connectivity index (χ2n) is 4.22. The summed E-state index contributed by atoms with van der Waals surface area (Å²) < 4.78 is 0. The van der Waals surface area contributed by atoms with Crippen molar-refractivity contribution in [3.8, 4) is 0 Å². The van der Waals surface area contributed by atoms with Gasteiger partial charge in [-0.05, 0) is 13.3 Å². The van der Waals surface area contributed by atoms with E-state index < -0.39 is 0 Å². The van der Waals surface area contributed by atoms with Gasteiger partial charge in [0.2, 0.25) is 0 Å². The summed E-state index contributed by atoms with van der Waals surface area (Å²) in [5.41, 5.74) is 0. The molecule has 0 aromatic heterocycles. The van der Waals surface area contributed by atoms with E-state index in [1.165, 1.54) is 38.5 Å². The van der Waals surface area contributed by atoms with Gasteiger partial charge in [-0.3, -0.25) is 0 Å². The van der Waals surface area contributed by atoms with Crippen LogP contribution in [0.5, 0.6) is 0 Å². The Morgan fingerprint density at radius 1 is 0.722 bits per heavy atom. The molecule has 1 nitrogen and oxygen atoms in total. The first kappa shape index (κ1) is 26.3. The first-order valence-corrected chi connectivity index (χ1v) is 8.09. The second kappa shape index (κ2) is 36.0. The molecule has 0 atom stereocenters. The van der Waals surface area contributed by atoms with E-state index in [0.717, 1.165) is 12.8 Å². The Morgan fingerprint density at radius 2 is 1.06 bits per heavy atom. The van der Waals surface area contributed by atoms with E-state index in [9.17, 15) is 4.79 Å². The Labute approximate surface area is 118 Å². The van der Waals surface area contributed by atoms with Gasteiger partial charge in [0, 0.05) is 6.42 Å². The Bertz CT molecular complexity index is 104. The summed E-state index contributed by atoms with van der Waals surface area (Å²) in [6, 6.07) is 0. The lowest BCUT2D eigenvalue weighted by molar-refractivity contribution is -0.117. The zero-order valence-corrected chi connectivity index (χ0v) is 14.6. The lowest BCUT2D eigenvalue weighted by Crippen LogP contribution is -1.84. The molecule has 18 heavy (non-hydrogen) atoms. The first-order chi connectivity index (χ1) is 8.60. The Balaban J connectivity index is -0.0000000811. The molecule has 0 saturated carbocycles. The molecule has 0 aliphatic carbocycles. The second-order valence-corrected chi connectivity index (χ2v) is 4.22. The van der Waals surface area contributed by atoms with Crippen molar-refractivity contribution >= 4 is 5.78 Å². The van der Waals surface area contributed by atoms with E-state index in [-0.39, 0.29) is 5.78 Å². The van der Waals surface area contributed by atoms with E-state index in [2.05, 4.69) is 27.7 Å². The molecule has 0 radical (unpaired) electrons. The molecule has 114 valence electrons. The number of Topliss-reactive ketones (excluding diaryl/α,β-unsaturated/α-hetero) is 1. The highest BCUT2D eigenvalue weighted by molar-refractivity contribution is 5.75. The van der Waals surface area contributed by atoms with Gasteiger partial charge in [0.25, 0.3) is 0 Å². The average Bonchev–Trinajstić information content (AvgIpc) is 2.34. The largest absolute Gasteiger partial charge is 0.300 e. The Hall–Kier alpha value is -0.330. The molecule has 0 aromatic carbocycles. The Kier molecular flexibility index (Phi) is 52.5. The molecule has 0 aliphatic heterocycles. The van der Waals surface area contributed by atoms with Gasteiger partial charge in [0.1, 0.15) is 5.78 Å². The predicted molar refractivity (Wildman–Crippen MR) is 87.3 cm³/mol. The monoisotopic (exact) mass is 260 g/mol. The molecule has 0 amide bonds. The summed E-state index contributed by atoms with van der Waals surface area (Å²) in [6.07, 6.45) is 9.98. The predicted octanol–water partition coefficient (Wildman–Crippen LogP) is 6.79. The van der Waals surface area contributed by atoms with Crippen LogP contribution in [0.1, 0.15) is 107 Å². The lowest BCUT2D eigenvalue weighted by Gasteiger charge is -1.90. The van der Waals surface area contributed by atoms with Gasteiger partial charge in [-0.2, -0.15) is 0 Å². The molecule has 0 bridgehead atoms. The topological polar surface area (TPSA) is 17.1 Å². The number of carbonyl (C=O) groups excluding carboxylic acids is 1. The molecule has 0 heterocycles. The van der Waals surface area contributed by atoms with Crippen LogP contribution in [0.4, 0.5) is 0 Å². The molecule has 1 heteroatoms. The van der Waals surface area contributed by atoms with Gasteiger partial charge < -0.3 is 4.79 Å². The molecule has 0 unspecified atom stereocenters. The van der Waals surface area contributed by atoms with Crippen LogP contribution in [0.2, 0.25) is 0 Å². The number of unbranched alkanes of at least 4 members (excludes halogenated alkanes) is 4. The fourth-order valence-electron chi connectivity index (χ4n) is 1.03. The van der Waals surface area contributed by atoms with Crippen molar-refractivity contribution in [3.63, 3.8) is 0 Å². The number of carbonyl (C=O) groups is 1. The molecule has 0 saturated heterocycles. The van der Waals surface area contributed by atoms with Crippen LogP contribution in [0.3, 0.4) is 0 Å². The summed E-state index contributed by atoms with van der Waals surface area (Å²) in [6.45, 7) is 16.4. The SMILES string of the molecule is CC.CCC.CCCC(C)=O.CCCCCCC. The molecular weight excluding hydrogens is 220 g/mol. The first-order valence-electron chi connectivity index (χ1n) is 8.09. The van der Waals surface area contributed by atoms with Crippen molar-refractivity contribution < 1.29 is 4.79 Å². The van der Waals surface area contributed by atoms with E-state index in [0.29, 0.717) is 0 Å². The minimum Gasteiger partial charge on any atom is -0.300 e. The van der Waals surface area contributed by atoms with Gasteiger partial charge in [-0.1, -0.05) is 87.0 Å². The summed E-state index contributed by atoms with van der Waals surface area (Å²) in [7, 11) is 0.